The highest BCUT2D eigenvalue weighted by Gasteiger charge is 2.36. The largest absolute Gasteiger partial charge is 0.339 e. The summed E-state index contributed by atoms with van der Waals surface area (Å²) in [5, 5.41) is 4.29. The summed E-state index contributed by atoms with van der Waals surface area (Å²) in [5.41, 5.74) is 6.31. The summed E-state index contributed by atoms with van der Waals surface area (Å²) >= 11 is 0. The number of hydrogen-bond acceptors (Lipinski definition) is 6. The molecule has 1 aliphatic carbocycles. The summed E-state index contributed by atoms with van der Waals surface area (Å²) in [6.45, 7) is 5.63. The molecule has 3 aliphatic heterocycles. The van der Waals surface area contributed by atoms with E-state index in [0.29, 0.717) is 6.04 Å². The standard InChI is InChI=1S/C15H25N5O/c16-12-5-3-1-2-4-11(12)15-17-14(18-21-15)13-10-19-6-8-20(13)9-7-19/h11-13H,1-10,16H2. The molecule has 3 saturated heterocycles. The number of piperazine rings is 3. The zero-order valence-corrected chi connectivity index (χ0v) is 12.6. The van der Waals surface area contributed by atoms with E-state index < -0.39 is 0 Å². The SMILES string of the molecule is NC1CCCCCC1c1nc(C2CN3CCN2CC3)no1. The van der Waals surface area contributed by atoms with Crippen molar-refractivity contribution in [3.63, 3.8) is 0 Å². The molecule has 0 spiro atoms. The predicted octanol–water partition coefficient (Wildman–Crippen LogP) is 1.12. The molecule has 2 bridgehead atoms. The van der Waals surface area contributed by atoms with Gasteiger partial charge in [0.1, 0.15) is 0 Å². The molecule has 4 aliphatic rings. The molecule has 1 saturated carbocycles. The van der Waals surface area contributed by atoms with Gasteiger partial charge in [-0.2, -0.15) is 4.98 Å². The fraction of sp³-hybridized carbons (Fsp3) is 0.867. The first-order valence-electron chi connectivity index (χ1n) is 8.37. The molecule has 3 atom stereocenters. The van der Waals surface area contributed by atoms with Crippen molar-refractivity contribution in [2.75, 3.05) is 32.7 Å². The smallest absolute Gasteiger partial charge is 0.231 e. The molecular weight excluding hydrogens is 266 g/mol. The zero-order chi connectivity index (χ0) is 14.2. The van der Waals surface area contributed by atoms with Gasteiger partial charge in [-0.1, -0.05) is 24.4 Å². The second-order valence-corrected chi connectivity index (χ2v) is 6.75. The summed E-state index contributed by atoms with van der Waals surface area (Å²) in [6, 6.07) is 0.486. The fourth-order valence-electron chi connectivity index (χ4n) is 4.04. The Labute approximate surface area is 125 Å². The van der Waals surface area contributed by atoms with E-state index in [4.69, 9.17) is 15.2 Å². The van der Waals surface area contributed by atoms with Crippen molar-refractivity contribution in [2.24, 2.45) is 5.73 Å². The number of rotatable bonds is 2. The van der Waals surface area contributed by atoms with E-state index >= 15 is 0 Å². The molecule has 1 aromatic rings. The molecule has 6 heteroatoms. The van der Waals surface area contributed by atoms with Crippen LogP contribution in [0.1, 0.15) is 55.8 Å². The number of nitrogens with two attached hydrogens (primary N) is 1. The van der Waals surface area contributed by atoms with Crippen LogP contribution in [0.3, 0.4) is 0 Å². The second kappa shape index (κ2) is 5.66. The molecule has 5 rings (SSSR count). The Morgan fingerprint density at radius 2 is 1.86 bits per heavy atom. The van der Waals surface area contributed by atoms with Gasteiger partial charge >= 0.3 is 0 Å². The van der Waals surface area contributed by atoms with Crippen molar-refractivity contribution in [1.82, 2.24) is 19.9 Å². The Bertz CT molecular complexity index is 466. The van der Waals surface area contributed by atoms with E-state index in [1.54, 1.807) is 0 Å². The minimum atomic E-state index is 0.174. The molecule has 6 nitrogen and oxygen atoms in total. The minimum Gasteiger partial charge on any atom is -0.339 e. The Balaban J connectivity index is 1.52. The van der Waals surface area contributed by atoms with Crippen LogP contribution < -0.4 is 5.73 Å². The molecule has 0 amide bonds. The predicted molar refractivity (Wildman–Crippen MR) is 78.9 cm³/mol. The maximum atomic E-state index is 6.31. The van der Waals surface area contributed by atoms with Crippen LogP contribution in [0.4, 0.5) is 0 Å². The quantitative estimate of drug-likeness (QED) is 0.823. The van der Waals surface area contributed by atoms with E-state index in [0.717, 1.165) is 44.2 Å². The maximum Gasteiger partial charge on any atom is 0.231 e. The summed E-state index contributed by atoms with van der Waals surface area (Å²) in [6.07, 6.45) is 5.88. The fourth-order valence-corrected chi connectivity index (χ4v) is 4.04. The number of hydrogen-bond donors (Lipinski definition) is 1. The molecule has 1 aromatic heterocycles. The average molecular weight is 291 g/mol. The van der Waals surface area contributed by atoms with E-state index in [1.807, 2.05) is 0 Å². The van der Waals surface area contributed by atoms with Crippen LogP contribution in [-0.4, -0.2) is 58.7 Å². The van der Waals surface area contributed by atoms with E-state index in [-0.39, 0.29) is 12.0 Å². The van der Waals surface area contributed by atoms with Gasteiger partial charge in [-0.15, -0.1) is 0 Å². The van der Waals surface area contributed by atoms with Crippen LogP contribution in [0, 0.1) is 0 Å². The Kier molecular flexibility index (Phi) is 3.69. The molecule has 4 fully saturated rings. The molecular formula is C15H25N5O. The second-order valence-electron chi connectivity index (χ2n) is 6.75. The van der Waals surface area contributed by atoms with Gasteiger partial charge < -0.3 is 10.3 Å². The third kappa shape index (κ3) is 2.60. The molecule has 116 valence electrons. The van der Waals surface area contributed by atoms with Gasteiger partial charge in [0.05, 0.1) is 12.0 Å². The van der Waals surface area contributed by atoms with Crippen molar-refractivity contribution >= 4 is 0 Å². The zero-order valence-electron chi connectivity index (χ0n) is 12.6. The molecule has 3 unspecified atom stereocenters. The Morgan fingerprint density at radius 3 is 2.62 bits per heavy atom. The van der Waals surface area contributed by atoms with Gasteiger partial charge in [0.25, 0.3) is 0 Å². The third-order valence-electron chi connectivity index (χ3n) is 5.42. The van der Waals surface area contributed by atoms with Gasteiger partial charge in [0.2, 0.25) is 5.89 Å². The Hall–Kier alpha value is -0.980. The topological polar surface area (TPSA) is 71.4 Å². The van der Waals surface area contributed by atoms with Gasteiger partial charge in [-0.3, -0.25) is 9.80 Å². The summed E-state index contributed by atoms with van der Waals surface area (Å²) in [4.78, 5) is 9.73. The van der Waals surface area contributed by atoms with Crippen molar-refractivity contribution in [1.29, 1.82) is 0 Å². The van der Waals surface area contributed by atoms with Crippen LogP contribution in [0.25, 0.3) is 0 Å². The highest BCUT2D eigenvalue weighted by Crippen LogP contribution is 2.32. The number of nitrogens with zero attached hydrogens (tertiary/aromatic N) is 4. The first kappa shape index (κ1) is 13.7. The number of aromatic nitrogens is 2. The summed E-state index contributed by atoms with van der Waals surface area (Å²) in [7, 11) is 0. The van der Waals surface area contributed by atoms with Gasteiger partial charge in [-0.05, 0) is 12.8 Å². The molecule has 2 N–H and O–H groups in total. The highest BCUT2D eigenvalue weighted by atomic mass is 16.5. The van der Waals surface area contributed by atoms with Crippen molar-refractivity contribution in [3.8, 4) is 0 Å². The van der Waals surface area contributed by atoms with Crippen molar-refractivity contribution < 1.29 is 4.52 Å². The minimum absolute atomic E-state index is 0.174. The van der Waals surface area contributed by atoms with Crippen LogP contribution in [-0.2, 0) is 0 Å². The Morgan fingerprint density at radius 1 is 1.05 bits per heavy atom. The van der Waals surface area contributed by atoms with E-state index in [1.165, 1.54) is 32.4 Å². The van der Waals surface area contributed by atoms with Crippen LogP contribution in [0.5, 0.6) is 0 Å². The van der Waals surface area contributed by atoms with Gasteiger partial charge in [0.15, 0.2) is 5.82 Å². The summed E-state index contributed by atoms with van der Waals surface area (Å²) in [5.74, 6) is 1.90. The molecule has 0 aromatic carbocycles. The van der Waals surface area contributed by atoms with Crippen LogP contribution in [0.2, 0.25) is 0 Å². The lowest BCUT2D eigenvalue weighted by Crippen LogP contribution is -2.57. The molecule has 4 heterocycles. The average Bonchev–Trinajstić information content (AvgIpc) is 2.91. The lowest BCUT2D eigenvalue weighted by atomic mass is 9.95. The third-order valence-corrected chi connectivity index (χ3v) is 5.42. The first-order chi connectivity index (χ1) is 10.3. The van der Waals surface area contributed by atoms with Gasteiger partial charge in [-0.25, -0.2) is 0 Å². The lowest BCUT2D eigenvalue weighted by Gasteiger charge is -2.46. The molecule has 21 heavy (non-hydrogen) atoms. The van der Waals surface area contributed by atoms with Crippen molar-refractivity contribution in [3.05, 3.63) is 11.7 Å². The monoisotopic (exact) mass is 291 g/mol. The maximum absolute atomic E-state index is 6.31. The van der Waals surface area contributed by atoms with E-state index in [9.17, 15) is 0 Å². The van der Waals surface area contributed by atoms with Crippen LogP contribution in [0.15, 0.2) is 4.52 Å². The normalized spacial score (nSPS) is 40.1. The lowest BCUT2D eigenvalue weighted by molar-refractivity contribution is 0.00781. The summed E-state index contributed by atoms with van der Waals surface area (Å²) < 4.78 is 5.60. The first-order valence-corrected chi connectivity index (χ1v) is 8.37. The molecule has 0 radical (unpaired) electrons. The van der Waals surface area contributed by atoms with E-state index in [2.05, 4.69) is 15.0 Å². The van der Waals surface area contributed by atoms with Crippen LogP contribution >= 0.6 is 0 Å². The van der Waals surface area contributed by atoms with Gasteiger partial charge in [0, 0.05) is 38.8 Å². The highest BCUT2D eigenvalue weighted by molar-refractivity contribution is 5.05. The number of fused-ring (bicyclic) bond motifs is 3. The van der Waals surface area contributed by atoms with Crippen molar-refractivity contribution in [2.45, 2.75) is 50.1 Å².